The lowest BCUT2D eigenvalue weighted by Gasteiger charge is -2.46. The second-order valence-corrected chi connectivity index (χ2v) is 12.3. The summed E-state index contributed by atoms with van der Waals surface area (Å²) < 4.78 is 35.1. The van der Waals surface area contributed by atoms with Gasteiger partial charge in [-0.05, 0) is 52.0 Å². The van der Waals surface area contributed by atoms with Crippen molar-refractivity contribution in [2.24, 2.45) is 5.92 Å². The molecule has 0 saturated carbocycles. The van der Waals surface area contributed by atoms with Crippen LogP contribution in [0.25, 0.3) is 0 Å². The number of aliphatic hydroxyl groups is 3. The van der Waals surface area contributed by atoms with Gasteiger partial charge in [0, 0.05) is 17.6 Å². The molecule has 0 unspecified atom stereocenters. The first-order valence-electron chi connectivity index (χ1n) is 15.1. The second-order valence-electron chi connectivity index (χ2n) is 12.3. The number of hydrogen-bond donors (Lipinski definition) is 4. The minimum atomic E-state index is -1.70. The molecule has 12 nitrogen and oxygen atoms in total. The Morgan fingerprint density at radius 3 is 2.11 bits per heavy atom. The lowest BCUT2D eigenvalue weighted by atomic mass is 9.96. The molecule has 2 heterocycles. The summed E-state index contributed by atoms with van der Waals surface area (Å²) >= 11 is 0. The summed E-state index contributed by atoms with van der Waals surface area (Å²) in [6.45, 7) is 15.6. The van der Waals surface area contributed by atoms with Crippen LogP contribution in [0.5, 0.6) is 11.5 Å². The molecule has 0 radical (unpaired) electrons. The molecule has 1 aromatic carbocycles. The quantitative estimate of drug-likeness (QED) is 0.222. The van der Waals surface area contributed by atoms with Crippen molar-refractivity contribution in [1.82, 2.24) is 0 Å². The fourth-order valence-corrected chi connectivity index (χ4v) is 5.09. The predicted octanol–water partition coefficient (Wildman–Crippen LogP) is 3.00. The number of rotatable bonds is 10. The first-order valence-corrected chi connectivity index (χ1v) is 15.1. The normalized spacial score (nSPS) is 32.9. The lowest BCUT2D eigenvalue weighted by Crippen LogP contribution is -2.64. The Hall–Kier alpha value is -2.74. The molecule has 2 aliphatic heterocycles. The number of aromatic hydroxyl groups is 1. The molecule has 0 bridgehead atoms. The number of hydrogen-bond acceptors (Lipinski definition) is 12. The molecule has 44 heavy (non-hydrogen) atoms. The molecule has 2 aliphatic rings. The first kappa shape index (κ1) is 35.7. The van der Waals surface area contributed by atoms with E-state index in [1.54, 1.807) is 46.8 Å². The molecule has 4 N–H and O–H groups in total. The number of allylic oxidation sites excluding steroid dienone is 1. The number of phenolic OH excluding ortho intramolecular Hbond substituents is 1. The van der Waals surface area contributed by atoms with Crippen molar-refractivity contribution in [1.29, 1.82) is 0 Å². The predicted molar refractivity (Wildman–Crippen MR) is 158 cm³/mol. The third kappa shape index (κ3) is 8.09. The highest BCUT2D eigenvalue weighted by molar-refractivity contribution is 5.87. The van der Waals surface area contributed by atoms with Crippen molar-refractivity contribution >= 4 is 11.9 Å². The molecule has 0 aromatic heterocycles. The van der Waals surface area contributed by atoms with Crippen LogP contribution in [0.15, 0.2) is 23.8 Å². The SMILES string of the molecule is C/C=C(/C)C(=O)O[C@H]1[C@H](O[C@@H]2O[C@H](C)[C@H](OC(=O)CC(C)C)[C@H](O)[C@H]2O)[C@@H](O)[C@H](Oc2c(C(C)C)ccc(C)c2O)O[C@@H]1C. The zero-order valence-electron chi connectivity index (χ0n) is 26.9. The smallest absolute Gasteiger partial charge is 0.333 e. The summed E-state index contributed by atoms with van der Waals surface area (Å²) in [7, 11) is 0. The average Bonchev–Trinajstić information content (AvgIpc) is 2.95. The van der Waals surface area contributed by atoms with Crippen LogP contribution < -0.4 is 4.74 Å². The Labute approximate surface area is 258 Å². The maximum absolute atomic E-state index is 12.8. The topological polar surface area (TPSA) is 170 Å². The minimum absolute atomic E-state index is 0.0248. The van der Waals surface area contributed by atoms with E-state index in [0.29, 0.717) is 16.7 Å². The highest BCUT2D eigenvalue weighted by Crippen LogP contribution is 2.40. The van der Waals surface area contributed by atoms with E-state index in [0.717, 1.165) is 0 Å². The molecule has 1 aromatic rings. The number of carbonyl (C=O) groups is 2. The van der Waals surface area contributed by atoms with Crippen LogP contribution in [0.2, 0.25) is 0 Å². The first-order chi connectivity index (χ1) is 20.6. The van der Waals surface area contributed by atoms with Gasteiger partial charge in [0.05, 0.1) is 12.2 Å². The van der Waals surface area contributed by atoms with Crippen LogP contribution in [-0.2, 0) is 33.3 Å². The molecule has 12 heteroatoms. The van der Waals surface area contributed by atoms with Gasteiger partial charge in [-0.15, -0.1) is 0 Å². The van der Waals surface area contributed by atoms with Gasteiger partial charge >= 0.3 is 11.9 Å². The monoisotopic (exact) mass is 624 g/mol. The number of phenols is 1. The van der Waals surface area contributed by atoms with E-state index in [1.807, 2.05) is 33.8 Å². The molecule has 0 amide bonds. The van der Waals surface area contributed by atoms with Gasteiger partial charge in [0.15, 0.2) is 30.0 Å². The fourth-order valence-electron chi connectivity index (χ4n) is 5.09. The number of esters is 2. The number of carbonyl (C=O) groups excluding carboxylic acids is 2. The van der Waals surface area contributed by atoms with Crippen LogP contribution >= 0.6 is 0 Å². The summed E-state index contributed by atoms with van der Waals surface area (Å²) in [4.78, 5) is 25.1. The number of benzene rings is 1. The molecule has 0 spiro atoms. The Morgan fingerprint density at radius 1 is 0.909 bits per heavy atom. The molecule has 248 valence electrons. The number of aliphatic hydroxyl groups excluding tert-OH is 3. The van der Waals surface area contributed by atoms with Gasteiger partial charge in [0.1, 0.15) is 24.4 Å². The Bertz CT molecular complexity index is 1180. The molecular formula is C32H48O12. The van der Waals surface area contributed by atoms with Gasteiger partial charge in [-0.3, -0.25) is 4.79 Å². The van der Waals surface area contributed by atoms with E-state index >= 15 is 0 Å². The summed E-state index contributed by atoms with van der Waals surface area (Å²) in [6, 6.07) is 3.57. The maximum Gasteiger partial charge on any atom is 0.333 e. The van der Waals surface area contributed by atoms with Crippen molar-refractivity contribution in [3.8, 4) is 11.5 Å². The van der Waals surface area contributed by atoms with Crippen molar-refractivity contribution < 1.29 is 58.4 Å². The van der Waals surface area contributed by atoms with Crippen molar-refractivity contribution in [3.63, 3.8) is 0 Å². The van der Waals surface area contributed by atoms with E-state index in [4.69, 9.17) is 28.4 Å². The number of ether oxygens (including phenoxy) is 6. The van der Waals surface area contributed by atoms with Gasteiger partial charge in [0.2, 0.25) is 6.29 Å². The molecule has 3 rings (SSSR count). The summed E-state index contributed by atoms with van der Waals surface area (Å²) in [5.41, 5.74) is 1.53. The summed E-state index contributed by atoms with van der Waals surface area (Å²) in [6.07, 6.45) is -11.7. The molecule has 2 saturated heterocycles. The average molecular weight is 625 g/mol. The molecular weight excluding hydrogens is 576 g/mol. The molecule has 10 atom stereocenters. The maximum atomic E-state index is 12.8. The Balaban J connectivity index is 1.91. The van der Waals surface area contributed by atoms with E-state index in [9.17, 15) is 30.0 Å². The van der Waals surface area contributed by atoms with Gasteiger partial charge in [0.25, 0.3) is 0 Å². The van der Waals surface area contributed by atoms with Crippen molar-refractivity contribution in [3.05, 3.63) is 34.9 Å². The van der Waals surface area contributed by atoms with E-state index in [-0.39, 0.29) is 29.8 Å². The largest absolute Gasteiger partial charge is 0.504 e. The van der Waals surface area contributed by atoms with Crippen LogP contribution in [0.4, 0.5) is 0 Å². The van der Waals surface area contributed by atoms with Crippen LogP contribution in [0, 0.1) is 12.8 Å². The highest BCUT2D eigenvalue weighted by atomic mass is 16.7. The lowest BCUT2D eigenvalue weighted by molar-refractivity contribution is -0.347. The van der Waals surface area contributed by atoms with Crippen molar-refractivity contribution in [2.75, 3.05) is 0 Å². The zero-order valence-corrected chi connectivity index (χ0v) is 26.9. The molecule has 2 fully saturated rings. The van der Waals surface area contributed by atoms with Gasteiger partial charge < -0.3 is 48.8 Å². The van der Waals surface area contributed by atoms with Crippen LogP contribution in [0.1, 0.15) is 78.9 Å². The van der Waals surface area contributed by atoms with Crippen molar-refractivity contribution in [2.45, 2.75) is 136 Å². The Morgan fingerprint density at radius 2 is 1.52 bits per heavy atom. The van der Waals surface area contributed by atoms with Crippen LogP contribution in [0.3, 0.4) is 0 Å². The van der Waals surface area contributed by atoms with Gasteiger partial charge in [-0.2, -0.15) is 0 Å². The third-order valence-electron chi connectivity index (χ3n) is 7.88. The van der Waals surface area contributed by atoms with E-state index in [2.05, 4.69) is 0 Å². The zero-order chi connectivity index (χ0) is 33.0. The minimum Gasteiger partial charge on any atom is -0.504 e. The van der Waals surface area contributed by atoms with Gasteiger partial charge in [-0.25, -0.2) is 4.79 Å². The summed E-state index contributed by atoms with van der Waals surface area (Å²) in [5, 5.41) is 44.3. The summed E-state index contributed by atoms with van der Waals surface area (Å²) in [5.74, 6) is -1.24. The van der Waals surface area contributed by atoms with Crippen LogP contribution in [-0.4, -0.2) is 93.8 Å². The number of aryl methyl sites for hydroxylation is 1. The van der Waals surface area contributed by atoms with E-state index in [1.165, 1.54) is 0 Å². The second kappa shape index (κ2) is 15.0. The third-order valence-corrected chi connectivity index (χ3v) is 7.88. The Kier molecular flexibility index (Phi) is 12.2. The highest BCUT2D eigenvalue weighted by Gasteiger charge is 2.53. The standard InChI is InChI=1S/C32H48O12/c1-10-16(6)30(38)42-27-19(9)40-32(43-28-20(15(4)5)12-11-17(7)22(28)34)25(37)29(27)44-31-24(36)23(35)26(18(8)39-31)41-21(33)13-14(2)3/h10-12,14-15,18-19,23-27,29,31-32,34-37H,13H2,1-9H3/b16-10-/t18-,19-,23-,24-,25-,26+,27-,29-,31+,32+/m1/s1. The molecule has 0 aliphatic carbocycles. The van der Waals surface area contributed by atoms with E-state index < -0.39 is 73.4 Å². The fraction of sp³-hybridized carbons (Fsp3) is 0.688. The van der Waals surface area contributed by atoms with Gasteiger partial charge in [-0.1, -0.05) is 45.9 Å².